The molecule has 1 saturated heterocycles. The summed E-state index contributed by atoms with van der Waals surface area (Å²) in [5.74, 6) is -0.601. The summed E-state index contributed by atoms with van der Waals surface area (Å²) in [5, 5.41) is 5.17. The largest absolute Gasteiger partial charge is 0.573 e. The summed E-state index contributed by atoms with van der Waals surface area (Å²) in [6, 6.07) is 10.7. The van der Waals surface area contributed by atoms with Crippen LogP contribution < -0.4 is 20.3 Å². The number of imidazole rings is 1. The number of nitrogens with zero attached hydrogens (tertiary/aromatic N) is 5. The number of methoxy groups -OCH3 is 1. The molecule has 0 saturated carbocycles. The molecule has 14 nitrogen and oxygen atoms in total. The first-order valence-corrected chi connectivity index (χ1v) is 20.4. The fourth-order valence-electron chi connectivity index (χ4n) is 7.48. The maximum Gasteiger partial charge on any atom is 0.573 e. The lowest BCUT2D eigenvalue weighted by atomic mass is 9.94. The predicted octanol–water partition coefficient (Wildman–Crippen LogP) is 8.24. The van der Waals surface area contributed by atoms with Crippen molar-refractivity contribution in [1.29, 1.82) is 0 Å². The number of anilines is 2. The molecule has 18 heteroatoms. The number of pyridine rings is 1. The first-order chi connectivity index (χ1) is 29.1. The highest BCUT2D eigenvalue weighted by Crippen LogP contribution is 2.41. The zero-order valence-electron chi connectivity index (χ0n) is 35.7. The number of alkyl halides is 3. The van der Waals surface area contributed by atoms with Crippen LogP contribution in [0.4, 0.5) is 29.5 Å². The smallest absolute Gasteiger partial charge is 0.453 e. The Balaban J connectivity index is 1.17. The highest BCUT2D eigenvalue weighted by molar-refractivity contribution is 6.34. The second kappa shape index (κ2) is 18.1. The zero-order chi connectivity index (χ0) is 45.3. The quantitative estimate of drug-likeness (QED) is 0.133. The van der Waals surface area contributed by atoms with Crippen LogP contribution >= 0.6 is 11.6 Å². The number of ether oxygens (including phenoxy) is 2. The molecule has 1 fully saturated rings. The van der Waals surface area contributed by atoms with Gasteiger partial charge in [-0.15, -0.1) is 13.2 Å². The molecule has 0 aliphatic carbocycles. The van der Waals surface area contributed by atoms with E-state index in [2.05, 4.69) is 25.3 Å². The monoisotopic (exact) mass is 878 g/mol. The molecule has 2 unspecified atom stereocenters. The van der Waals surface area contributed by atoms with E-state index in [4.69, 9.17) is 21.3 Å². The van der Waals surface area contributed by atoms with Crippen molar-refractivity contribution in [2.24, 2.45) is 11.3 Å². The lowest BCUT2D eigenvalue weighted by Gasteiger charge is -2.42. The fraction of sp³-hybridized carbons (Fsp3) is 0.409. The van der Waals surface area contributed by atoms with Gasteiger partial charge in [0.2, 0.25) is 11.8 Å². The van der Waals surface area contributed by atoms with Crippen LogP contribution in [0.2, 0.25) is 5.02 Å². The molecule has 4 heterocycles. The van der Waals surface area contributed by atoms with Crippen molar-refractivity contribution in [3.05, 3.63) is 89.0 Å². The minimum atomic E-state index is -5.06. The van der Waals surface area contributed by atoms with Gasteiger partial charge in [0.05, 0.1) is 29.1 Å². The summed E-state index contributed by atoms with van der Waals surface area (Å²) in [5.41, 5.74) is 1.97. The van der Waals surface area contributed by atoms with E-state index in [9.17, 15) is 32.3 Å². The highest BCUT2D eigenvalue weighted by Gasteiger charge is 2.38. The first-order valence-electron chi connectivity index (χ1n) is 20.0. The van der Waals surface area contributed by atoms with Crippen molar-refractivity contribution >= 4 is 46.9 Å². The zero-order valence-corrected chi connectivity index (χ0v) is 36.4. The topological polar surface area (TPSA) is 162 Å². The lowest BCUT2D eigenvalue weighted by molar-refractivity contribution is -0.274. The van der Waals surface area contributed by atoms with Crippen LogP contribution in [-0.4, -0.2) is 100 Å². The Morgan fingerprint density at radius 3 is 2.29 bits per heavy atom. The second-order valence-corrected chi connectivity index (χ2v) is 17.2. The van der Waals surface area contributed by atoms with Crippen LogP contribution in [0.25, 0.3) is 22.4 Å². The number of H-pyrrole nitrogens is 1. The highest BCUT2D eigenvalue weighted by atomic mass is 35.5. The van der Waals surface area contributed by atoms with E-state index >= 15 is 0 Å². The SMILES string of the molecule is COC(=O)N[C@H](C(=O)N1CC(C)=CC1c1nc(-c2ccc(-c3cc(Cl)c(NC(=O)c4ccc(N5CCN(C(=O)C(C)(C)C)CC5C)nc4)cc3OC(F)(F)F)cc2)c[nH]1)C(C)C. The Morgan fingerprint density at radius 1 is 1.00 bits per heavy atom. The summed E-state index contributed by atoms with van der Waals surface area (Å²) in [4.78, 5) is 69.7. The average molecular weight is 879 g/mol. The molecule has 0 spiro atoms. The van der Waals surface area contributed by atoms with E-state index in [1.807, 2.05) is 64.3 Å². The van der Waals surface area contributed by atoms with E-state index < -0.39 is 41.6 Å². The third-order valence-corrected chi connectivity index (χ3v) is 11.0. The van der Waals surface area contributed by atoms with Gasteiger partial charge < -0.3 is 39.8 Å². The number of aromatic amines is 1. The van der Waals surface area contributed by atoms with Gasteiger partial charge in [-0.25, -0.2) is 14.8 Å². The molecular weight excluding hydrogens is 829 g/mol. The normalized spacial score (nSPS) is 17.4. The number of carbonyl (C=O) groups excluding carboxylic acids is 4. The molecule has 2 aliphatic heterocycles. The molecule has 2 aromatic heterocycles. The summed E-state index contributed by atoms with van der Waals surface area (Å²) in [6.07, 6.45) is -0.836. The van der Waals surface area contributed by atoms with E-state index in [0.29, 0.717) is 54.6 Å². The Hall–Kier alpha value is -6.10. The molecule has 6 rings (SSSR count). The number of amides is 4. The van der Waals surface area contributed by atoms with Gasteiger partial charge in [-0.05, 0) is 43.5 Å². The summed E-state index contributed by atoms with van der Waals surface area (Å²) in [6.45, 7) is 15.1. The van der Waals surface area contributed by atoms with Crippen molar-refractivity contribution in [3.63, 3.8) is 0 Å². The van der Waals surface area contributed by atoms with E-state index in [0.717, 1.165) is 11.6 Å². The van der Waals surface area contributed by atoms with Gasteiger partial charge in [-0.2, -0.15) is 0 Å². The van der Waals surface area contributed by atoms with Crippen molar-refractivity contribution in [3.8, 4) is 28.1 Å². The maximum absolute atomic E-state index is 13.8. The number of benzene rings is 2. The number of alkyl carbamates (subject to hydrolysis) is 1. The minimum absolute atomic E-state index is 0.0185. The Labute approximate surface area is 362 Å². The van der Waals surface area contributed by atoms with Crippen molar-refractivity contribution in [2.75, 3.05) is 43.5 Å². The molecule has 3 atom stereocenters. The number of hydrogen-bond donors (Lipinski definition) is 3. The molecule has 0 bridgehead atoms. The van der Waals surface area contributed by atoms with E-state index in [1.54, 1.807) is 47.5 Å². The van der Waals surface area contributed by atoms with Gasteiger partial charge in [0.25, 0.3) is 5.91 Å². The van der Waals surface area contributed by atoms with Crippen LogP contribution in [0.5, 0.6) is 5.75 Å². The van der Waals surface area contributed by atoms with Gasteiger partial charge >= 0.3 is 12.5 Å². The maximum atomic E-state index is 13.8. The minimum Gasteiger partial charge on any atom is -0.453 e. The summed E-state index contributed by atoms with van der Waals surface area (Å²) >= 11 is 6.59. The predicted molar refractivity (Wildman–Crippen MR) is 229 cm³/mol. The van der Waals surface area contributed by atoms with E-state index in [1.165, 1.54) is 19.4 Å². The fourth-order valence-corrected chi connectivity index (χ4v) is 7.69. The van der Waals surface area contributed by atoms with Crippen LogP contribution in [0.15, 0.2) is 72.6 Å². The number of halogens is 4. The molecule has 2 aliphatic rings. The van der Waals surface area contributed by atoms with Gasteiger partial charge in [0, 0.05) is 67.2 Å². The number of piperazine rings is 1. The Kier molecular flexibility index (Phi) is 13.3. The number of nitrogens with one attached hydrogen (secondary N) is 3. The van der Waals surface area contributed by atoms with Crippen LogP contribution in [0, 0.1) is 11.3 Å². The summed E-state index contributed by atoms with van der Waals surface area (Å²) in [7, 11) is 1.23. The van der Waals surface area contributed by atoms with Gasteiger partial charge in [0.1, 0.15) is 29.5 Å². The first kappa shape index (κ1) is 45.4. The Morgan fingerprint density at radius 2 is 1.69 bits per heavy atom. The van der Waals surface area contributed by atoms with Gasteiger partial charge in [-0.3, -0.25) is 14.4 Å². The van der Waals surface area contributed by atoms with Gasteiger partial charge in [0.15, 0.2) is 0 Å². The third kappa shape index (κ3) is 10.3. The molecule has 62 heavy (non-hydrogen) atoms. The van der Waals surface area contributed by atoms with Gasteiger partial charge in [-0.1, -0.05) is 82.1 Å². The van der Waals surface area contributed by atoms with Crippen LogP contribution in [0.1, 0.15) is 70.7 Å². The number of rotatable bonds is 10. The molecule has 4 amide bonds. The van der Waals surface area contributed by atoms with Crippen molar-refractivity contribution in [2.45, 2.75) is 73.0 Å². The van der Waals surface area contributed by atoms with Crippen LogP contribution in [-0.2, 0) is 14.3 Å². The molecule has 3 N–H and O–H groups in total. The average Bonchev–Trinajstić information content (AvgIpc) is 3.86. The number of carbonyl (C=O) groups is 4. The third-order valence-electron chi connectivity index (χ3n) is 10.6. The van der Waals surface area contributed by atoms with Crippen molar-refractivity contribution < 1.29 is 41.8 Å². The number of hydrogen-bond acceptors (Lipinski definition) is 9. The Bertz CT molecular complexity index is 2340. The number of aromatic nitrogens is 3. The molecule has 0 radical (unpaired) electrons. The van der Waals surface area contributed by atoms with Crippen LogP contribution in [0.3, 0.4) is 0 Å². The van der Waals surface area contributed by atoms with E-state index in [-0.39, 0.29) is 45.6 Å². The standard InChI is InChI=1S/C44H50ClF3N8O6/c1-24(2)37(53-42(60)61-8)40(58)56-22-25(3)17-34(56)38-50-21-33(51-38)28-11-9-27(10-12-28)30-18-31(45)32(19-35(30)62-44(46,47)48)52-39(57)29-13-14-36(49-20-29)55-16-15-54(23-26(55)4)41(59)43(5,6)7/h9-14,17-21,24,26,34,37H,15-16,22-23H2,1-8H3,(H,50,51)(H,52,57)(H,53,60)/t26?,34?,37-/m0/s1. The molecule has 330 valence electrons. The molecular formula is C44H50ClF3N8O6. The molecule has 4 aromatic rings. The lowest BCUT2D eigenvalue weighted by Crippen LogP contribution is -2.56. The molecule has 2 aromatic carbocycles. The second-order valence-electron chi connectivity index (χ2n) is 16.8. The summed E-state index contributed by atoms with van der Waals surface area (Å²) < 4.78 is 50.5. The van der Waals surface area contributed by atoms with Crippen molar-refractivity contribution in [1.82, 2.24) is 30.1 Å².